The van der Waals surface area contributed by atoms with E-state index in [2.05, 4.69) is 19.2 Å². The third kappa shape index (κ3) is 1.60. The molecule has 3 aliphatic rings. The number of nitrogens with one attached hydrogen (secondary N) is 1. The van der Waals surface area contributed by atoms with Crippen LogP contribution < -0.4 is 5.32 Å². The predicted octanol–water partition coefficient (Wildman–Crippen LogP) is 0.518. The summed E-state index contributed by atoms with van der Waals surface area (Å²) in [6.07, 6.45) is 0.928. The zero-order chi connectivity index (χ0) is 10.6. The van der Waals surface area contributed by atoms with E-state index in [1.165, 1.54) is 0 Å². The molecular formula is C11H19NO3. The van der Waals surface area contributed by atoms with Gasteiger partial charge in [0, 0.05) is 13.0 Å². The zero-order valence-electron chi connectivity index (χ0n) is 9.47. The summed E-state index contributed by atoms with van der Waals surface area (Å²) >= 11 is 0. The van der Waals surface area contributed by atoms with Crippen LogP contribution in [-0.4, -0.2) is 44.3 Å². The Morgan fingerprint density at radius 3 is 2.20 bits per heavy atom. The molecule has 0 bridgehead atoms. The maximum atomic E-state index is 6.00. The third-order valence-corrected chi connectivity index (χ3v) is 3.66. The first-order valence-electron chi connectivity index (χ1n) is 5.64. The summed E-state index contributed by atoms with van der Waals surface area (Å²) in [5.74, 6) is 0. The van der Waals surface area contributed by atoms with Gasteiger partial charge >= 0.3 is 0 Å². The lowest BCUT2D eigenvalue weighted by molar-refractivity contribution is -0.220. The lowest BCUT2D eigenvalue weighted by Crippen LogP contribution is -2.65. The molecule has 3 aliphatic heterocycles. The molecule has 0 saturated carbocycles. The van der Waals surface area contributed by atoms with Crippen molar-refractivity contribution in [1.29, 1.82) is 0 Å². The van der Waals surface area contributed by atoms with Gasteiger partial charge in [0.05, 0.1) is 37.4 Å². The van der Waals surface area contributed by atoms with Crippen molar-refractivity contribution in [2.24, 2.45) is 5.41 Å². The molecule has 3 rings (SSSR count). The number of hydrogen-bond donors (Lipinski definition) is 1. The monoisotopic (exact) mass is 213 g/mol. The van der Waals surface area contributed by atoms with E-state index in [1.54, 1.807) is 0 Å². The van der Waals surface area contributed by atoms with Gasteiger partial charge in [-0.1, -0.05) is 0 Å². The summed E-state index contributed by atoms with van der Waals surface area (Å²) in [4.78, 5) is 0. The van der Waals surface area contributed by atoms with Crippen molar-refractivity contribution in [1.82, 2.24) is 5.32 Å². The van der Waals surface area contributed by atoms with Crippen LogP contribution in [0, 0.1) is 5.41 Å². The molecular weight excluding hydrogens is 194 g/mol. The quantitative estimate of drug-likeness (QED) is 0.637. The molecule has 0 aromatic rings. The Hall–Kier alpha value is -0.160. The molecule has 1 atom stereocenters. The molecule has 0 aliphatic carbocycles. The molecule has 4 nitrogen and oxygen atoms in total. The minimum absolute atomic E-state index is 0.0619. The van der Waals surface area contributed by atoms with Crippen LogP contribution in [0.4, 0.5) is 0 Å². The summed E-state index contributed by atoms with van der Waals surface area (Å²) in [5.41, 5.74) is -0.0457. The zero-order valence-corrected chi connectivity index (χ0v) is 9.47. The van der Waals surface area contributed by atoms with Gasteiger partial charge in [-0.25, -0.2) is 0 Å². The van der Waals surface area contributed by atoms with Gasteiger partial charge in [0.25, 0.3) is 0 Å². The molecule has 1 unspecified atom stereocenters. The first-order chi connectivity index (χ1) is 7.04. The van der Waals surface area contributed by atoms with Crippen LogP contribution in [0.3, 0.4) is 0 Å². The lowest BCUT2D eigenvalue weighted by Gasteiger charge is -2.49. The third-order valence-electron chi connectivity index (χ3n) is 3.66. The first kappa shape index (κ1) is 10.0. The van der Waals surface area contributed by atoms with Crippen LogP contribution in [0.25, 0.3) is 0 Å². The van der Waals surface area contributed by atoms with Crippen molar-refractivity contribution < 1.29 is 14.2 Å². The molecule has 86 valence electrons. The first-order valence-corrected chi connectivity index (χ1v) is 5.64. The van der Waals surface area contributed by atoms with Gasteiger partial charge in [-0.3, -0.25) is 5.32 Å². The second-order valence-corrected chi connectivity index (χ2v) is 5.85. The number of ether oxygens (including phenoxy) is 3. The van der Waals surface area contributed by atoms with E-state index in [4.69, 9.17) is 14.2 Å². The largest absolute Gasteiger partial charge is 0.380 e. The van der Waals surface area contributed by atoms with Crippen LogP contribution in [0.5, 0.6) is 0 Å². The van der Waals surface area contributed by atoms with Crippen molar-refractivity contribution in [2.45, 2.75) is 31.6 Å². The van der Waals surface area contributed by atoms with Crippen LogP contribution in [-0.2, 0) is 14.2 Å². The highest BCUT2D eigenvalue weighted by Gasteiger charge is 2.52. The van der Waals surface area contributed by atoms with Crippen molar-refractivity contribution in [2.75, 3.05) is 33.0 Å². The van der Waals surface area contributed by atoms with Crippen LogP contribution in [0.1, 0.15) is 20.3 Å². The van der Waals surface area contributed by atoms with Gasteiger partial charge in [-0.15, -0.1) is 0 Å². The molecule has 0 amide bonds. The maximum absolute atomic E-state index is 6.00. The van der Waals surface area contributed by atoms with Gasteiger partial charge < -0.3 is 14.2 Å². The lowest BCUT2D eigenvalue weighted by atomic mass is 9.84. The summed E-state index contributed by atoms with van der Waals surface area (Å²) < 4.78 is 17.0. The number of rotatable bonds is 0. The minimum Gasteiger partial charge on any atom is -0.380 e. The standard InChI is InChI=1S/C11H19NO3/c1-9(2)3-11(8-14-9)12-4-10(7-15-11)5-13-6-10/h12H,3-8H2,1-2H3. The van der Waals surface area contributed by atoms with E-state index in [0.717, 1.165) is 32.8 Å². The normalized spacial score (nSPS) is 42.0. The highest BCUT2D eigenvalue weighted by atomic mass is 16.6. The Labute approximate surface area is 90.3 Å². The fourth-order valence-electron chi connectivity index (χ4n) is 2.63. The molecule has 3 saturated heterocycles. The van der Waals surface area contributed by atoms with Gasteiger partial charge in [-0.2, -0.15) is 0 Å². The van der Waals surface area contributed by atoms with E-state index in [-0.39, 0.29) is 16.7 Å². The summed E-state index contributed by atoms with van der Waals surface area (Å²) in [5, 5.41) is 3.52. The molecule has 3 fully saturated rings. The average molecular weight is 213 g/mol. The second-order valence-electron chi connectivity index (χ2n) is 5.85. The van der Waals surface area contributed by atoms with Gasteiger partial charge in [0.2, 0.25) is 0 Å². The Bertz CT molecular complexity index is 263. The Kier molecular flexibility index (Phi) is 1.97. The minimum atomic E-state index is -0.232. The molecule has 15 heavy (non-hydrogen) atoms. The van der Waals surface area contributed by atoms with Gasteiger partial charge in [0.15, 0.2) is 0 Å². The highest BCUT2D eigenvalue weighted by molar-refractivity contribution is 5.00. The van der Waals surface area contributed by atoms with Crippen molar-refractivity contribution in [3.05, 3.63) is 0 Å². The van der Waals surface area contributed by atoms with Crippen molar-refractivity contribution in [3.8, 4) is 0 Å². The van der Waals surface area contributed by atoms with Gasteiger partial charge in [0.1, 0.15) is 5.72 Å². The second kappa shape index (κ2) is 2.94. The van der Waals surface area contributed by atoms with E-state index in [9.17, 15) is 0 Å². The Morgan fingerprint density at radius 2 is 1.80 bits per heavy atom. The van der Waals surface area contributed by atoms with Crippen LogP contribution >= 0.6 is 0 Å². The van der Waals surface area contributed by atoms with Crippen molar-refractivity contribution in [3.63, 3.8) is 0 Å². The maximum Gasteiger partial charge on any atom is 0.145 e. The molecule has 0 aromatic heterocycles. The Morgan fingerprint density at radius 1 is 1.00 bits per heavy atom. The van der Waals surface area contributed by atoms with E-state index < -0.39 is 0 Å². The van der Waals surface area contributed by atoms with Crippen LogP contribution in [0.15, 0.2) is 0 Å². The Balaban J connectivity index is 1.66. The number of hydrogen-bond acceptors (Lipinski definition) is 4. The predicted molar refractivity (Wildman–Crippen MR) is 54.6 cm³/mol. The topological polar surface area (TPSA) is 39.7 Å². The molecule has 0 aromatic carbocycles. The van der Waals surface area contributed by atoms with E-state index in [1.807, 2.05) is 0 Å². The molecule has 1 N–H and O–H groups in total. The highest BCUT2D eigenvalue weighted by Crippen LogP contribution is 2.39. The fourth-order valence-corrected chi connectivity index (χ4v) is 2.63. The van der Waals surface area contributed by atoms with Crippen molar-refractivity contribution >= 4 is 0 Å². The molecule has 4 heteroatoms. The molecule has 0 radical (unpaired) electrons. The summed E-state index contributed by atoms with van der Waals surface area (Å²) in [6, 6.07) is 0. The van der Waals surface area contributed by atoms with E-state index in [0.29, 0.717) is 6.61 Å². The van der Waals surface area contributed by atoms with Crippen LogP contribution in [0.2, 0.25) is 0 Å². The van der Waals surface area contributed by atoms with Gasteiger partial charge in [-0.05, 0) is 13.8 Å². The fraction of sp³-hybridized carbons (Fsp3) is 1.00. The molecule has 3 heterocycles. The summed E-state index contributed by atoms with van der Waals surface area (Å²) in [7, 11) is 0. The average Bonchev–Trinajstić information content (AvgIpc) is 2.41. The smallest absolute Gasteiger partial charge is 0.145 e. The SMILES string of the molecule is CC1(C)CC2(CO1)NCC1(COC1)CO2. The molecule has 2 spiro atoms. The summed E-state index contributed by atoms with van der Waals surface area (Å²) in [6.45, 7) is 8.36. The van der Waals surface area contributed by atoms with E-state index >= 15 is 0 Å².